The number of ether oxygens (including phenoxy) is 1. The van der Waals surface area contributed by atoms with E-state index in [0.29, 0.717) is 11.1 Å². The summed E-state index contributed by atoms with van der Waals surface area (Å²) in [5, 5.41) is 9.80. The molecular formula is C19H14F3N3O3S. The van der Waals surface area contributed by atoms with Gasteiger partial charge in [-0.1, -0.05) is 6.07 Å². The molecule has 0 spiro atoms. The van der Waals surface area contributed by atoms with Crippen LogP contribution in [0.5, 0.6) is 5.75 Å². The van der Waals surface area contributed by atoms with Crippen LogP contribution in [0.1, 0.15) is 12.1 Å². The number of benzene rings is 3. The van der Waals surface area contributed by atoms with Crippen LogP contribution in [0.15, 0.2) is 53.4 Å². The molecule has 0 saturated heterocycles. The van der Waals surface area contributed by atoms with Gasteiger partial charge in [-0.05, 0) is 42.5 Å². The predicted molar refractivity (Wildman–Crippen MR) is 101 cm³/mol. The molecule has 150 valence electrons. The highest BCUT2D eigenvalue weighted by Crippen LogP contribution is 2.36. The highest BCUT2D eigenvalue weighted by atomic mass is 32.2. The first-order valence-corrected chi connectivity index (χ1v) is 9.86. The Morgan fingerprint density at radius 2 is 1.62 bits per heavy atom. The fourth-order valence-electron chi connectivity index (χ4n) is 3.26. The molecule has 29 heavy (non-hydrogen) atoms. The number of rotatable bonds is 4. The lowest BCUT2D eigenvalue weighted by Crippen LogP contribution is -2.12. The van der Waals surface area contributed by atoms with E-state index in [-0.39, 0.29) is 26.9 Å². The Morgan fingerprint density at radius 1 is 1.00 bits per heavy atom. The molecule has 4 aromatic rings. The van der Waals surface area contributed by atoms with Crippen molar-refractivity contribution in [2.75, 3.05) is 7.11 Å². The number of alkyl halides is 2. The Morgan fingerprint density at radius 3 is 2.21 bits per heavy atom. The van der Waals surface area contributed by atoms with Gasteiger partial charge in [0.2, 0.25) is 10.0 Å². The van der Waals surface area contributed by atoms with Crippen LogP contribution in [-0.2, 0) is 10.0 Å². The zero-order valence-corrected chi connectivity index (χ0v) is 15.8. The number of methoxy groups -OCH3 is 1. The lowest BCUT2D eigenvalue weighted by Gasteiger charge is -2.09. The first kappa shape index (κ1) is 19.2. The summed E-state index contributed by atoms with van der Waals surface area (Å²) in [6, 6.07) is 11.0. The Kier molecular flexibility index (Phi) is 4.47. The van der Waals surface area contributed by atoms with Crippen LogP contribution in [0.25, 0.3) is 27.4 Å². The number of aromatic nitrogens is 2. The third-order valence-corrected chi connectivity index (χ3v) is 5.53. The van der Waals surface area contributed by atoms with E-state index >= 15 is 0 Å². The molecule has 0 saturated carbocycles. The van der Waals surface area contributed by atoms with Crippen LogP contribution in [0, 0.1) is 5.82 Å². The van der Waals surface area contributed by atoms with Crippen LogP contribution in [0.3, 0.4) is 0 Å². The minimum Gasteiger partial charge on any atom is -0.494 e. The van der Waals surface area contributed by atoms with Gasteiger partial charge in [-0.25, -0.2) is 31.4 Å². The van der Waals surface area contributed by atoms with Gasteiger partial charge >= 0.3 is 0 Å². The van der Waals surface area contributed by atoms with E-state index in [1.54, 1.807) is 6.07 Å². The average molecular weight is 421 g/mol. The van der Waals surface area contributed by atoms with Gasteiger partial charge in [-0.2, -0.15) is 5.10 Å². The molecule has 0 radical (unpaired) electrons. The highest BCUT2D eigenvalue weighted by Gasteiger charge is 2.22. The second-order valence-corrected chi connectivity index (χ2v) is 7.84. The number of nitrogens with zero attached hydrogens (tertiary/aromatic N) is 2. The summed E-state index contributed by atoms with van der Waals surface area (Å²) in [6.45, 7) is 0. The lowest BCUT2D eigenvalue weighted by molar-refractivity contribution is 0.147. The molecule has 2 N–H and O–H groups in total. The van der Waals surface area contributed by atoms with Gasteiger partial charge < -0.3 is 4.74 Å². The summed E-state index contributed by atoms with van der Waals surface area (Å²) in [5.74, 6) is -0.600. The van der Waals surface area contributed by atoms with Crippen molar-refractivity contribution in [1.82, 2.24) is 9.78 Å². The molecular weight excluding hydrogens is 407 g/mol. The van der Waals surface area contributed by atoms with E-state index in [0.717, 1.165) is 0 Å². The average Bonchev–Trinajstić information content (AvgIpc) is 3.08. The molecule has 0 aliphatic rings. The SMILES string of the molecule is COc1ccc2c(ccc3c(C(F)F)nn(-c4ccc(S(N)(=O)=O)cc4)c32)c1F. The van der Waals surface area contributed by atoms with Crippen molar-refractivity contribution < 1.29 is 26.3 Å². The van der Waals surface area contributed by atoms with Crippen molar-refractivity contribution in [2.45, 2.75) is 11.3 Å². The zero-order valence-electron chi connectivity index (χ0n) is 14.9. The molecule has 1 aromatic heterocycles. The predicted octanol–water partition coefficient (Wildman–Crippen LogP) is 3.91. The number of hydrogen-bond acceptors (Lipinski definition) is 4. The normalized spacial score (nSPS) is 12.2. The first-order valence-electron chi connectivity index (χ1n) is 8.31. The maximum absolute atomic E-state index is 14.7. The van der Waals surface area contributed by atoms with E-state index in [2.05, 4.69) is 5.10 Å². The smallest absolute Gasteiger partial charge is 0.282 e. The van der Waals surface area contributed by atoms with E-state index in [1.807, 2.05) is 0 Å². The van der Waals surface area contributed by atoms with Gasteiger partial charge in [-0.3, -0.25) is 0 Å². The Labute approximate surface area is 163 Å². The third-order valence-electron chi connectivity index (χ3n) is 4.60. The minimum absolute atomic E-state index is 0.0227. The Hall–Kier alpha value is -3.11. The monoisotopic (exact) mass is 421 g/mol. The van der Waals surface area contributed by atoms with Gasteiger partial charge in [0.1, 0.15) is 5.69 Å². The Bertz CT molecular complexity index is 1350. The quantitative estimate of drug-likeness (QED) is 0.541. The maximum atomic E-state index is 14.7. The number of primary sulfonamides is 1. The second kappa shape index (κ2) is 6.75. The van der Waals surface area contributed by atoms with Gasteiger partial charge in [0.05, 0.1) is 23.2 Å². The summed E-state index contributed by atoms with van der Waals surface area (Å²) in [6.07, 6.45) is -2.86. The molecule has 0 unspecified atom stereocenters. The van der Waals surface area contributed by atoms with Crippen LogP contribution in [-0.4, -0.2) is 25.3 Å². The molecule has 3 aromatic carbocycles. The van der Waals surface area contributed by atoms with Crippen LogP contribution in [0.2, 0.25) is 0 Å². The van der Waals surface area contributed by atoms with E-state index < -0.39 is 28.0 Å². The third kappa shape index (κ3) is 3.10. The fourth-order valence-corrected chi connectivity index (χ4v) is 3.78. The van der Waals surface area contributed by atoms with E-state index in [1.165, 1.54) is 54.3 Å². The number of sulfonamides is 1. The van der Waals surface area contributed by atoms with Crippen molar-refractivity contribution in [3.8, 4) is 11.4 Å². The van der Waals surface area contributed by atoms with Crippen molar-refractivity contribution in [1.29, 1.82) is 0 Å². The lowest BCUT2D eigenvalue weighted by atomic mass is 10.0. The maximum Gasteiger partial charge on any atom is 0.282 e. The number of hydrogen-bond donors (Lipinski definition) is 1. The molecule has 0 bridgehead atoms. The van der Waals surface area contributed by atoms with Gasteiger partial charge in [0.25, 0.3) is 6.43 Å². The fraction of sp³-hybridized carbons (Fsp3) is 0.105. The zero-order chi connectivity index (χ0) is 20.9. The van der Waals surface area contributed by atoms with Gasteiger partial charge in [0, 0.05) is 16.2 Å². The summed E-state index contributed by atoms with van der Waals surface area (Å²) in [7, 11) is -2.59. The standard InChI is InChI=1S/C19H14F3N3O3S/c1-28-15-9-8-13-12(16(15)20)6-7-14-17(19(21)22)24-25(18(13)14)10-2-4-11(5-3-10)29(23,26)27/h2-9,19H,1H3,(H2,23,26,27). The summed E-state index contributed by atoms with van der Waals surface area (Å²) in [5.41, 5.74) is 0.120. The summed E-state index contributed by atoms with van der Waals surface area (Å²) >= 11 is 0. The van der Waals surface area contributed by atoms with Crippen molar-refractivity contribution in [2.24, 2.45) is 5.14 Å². The van der Waals surface area contributed by atoms with Gasteiger partial charge in [-0.15, -0.1) is 0 Å². The molecule has 4 rings (SSSR count). The number of nitrogens with two attached hydrogens (primary N) is 1. The van der Waals surface area contributed by atoms with Crippen molar-refractivity contribution >= 4 is 31.7 Å². The topological polar surface area (TPSA) is 87.2 Å². The Balaban J connectivity index is 2.06. The minimum atomic E-state index is -3.91. The van der Waals surface area contributed by atoms with Crippen LogP contribution < -0.4 is 9.88 Å². The van der Waals surface area contributed by atoms with E-state index in [4.69, 9.17) is 9.88 Å². The van der Waals surface area contributed by atoms with Crippen LogP contribution in [0.4, 0.5) is 13.2 Å². The molecule has 1 heterocycles. The molecule has 0 aliphatic heterocycles. The summed E-state index contributed by atoms with van der Waals surface area (Å²) < 4.78 is 71.0. The molecule has 0 aliphatic carbocycles. The van der Waals surface area contributed by atoms with Crippen LogP contribution >= 0.6 is 0 Å². The molecule has 0 fully saturated rings. The number of fused-ring (bicyclic) bond motifs is 3. The molecule has 0 amide bonds. The molecule has 0 atom stereocenters. The van der Waals surface area contributed by atoms with Crippen molar-refractivity contribution in [3.05, 3.63) is 60.0 Å². The first-order chi connectivity index (χ1) is 13.7. The van der Waals surface area contributed by atoms with Crippen molar-refractivity contribution in [3.63, 3.8) is 0 Å². The molecule has 10 heteroatoms. The van der Waals surface area contributed by atoms with E-state index in [9.17, 15) is 21.6 Å². The second-order valence-electron chi connectivity index (χ2n) is 6.28. The summed E-state index contributed by atoms with van der Waals surface area (Å²) in [4.78, 5) is -0.132. The highest BCUT2D eigenvalue weighted by molar-refractivity contribution is 7.89. The molecule has 6 nitrogen and oxygen atoms in total. The number of halogens is 3. The van der Waals surface area contributed by atoms with Gasteiger partial charge in [0.15, 0.2) is 11.6 Å². The largest absolute Gasteiger partial charge is 0.494 e.